The molecule has 1 aromatic rings. The summed E-state index contributed by atoms with van der Waals surface area (Å²) in [6.45, 7) is 9.67. The van der Waals surface area contributed by atoms with Gasteiger partial charge >= 0.3 is 0 Å². The molecule has 0 aliphatic heterocycles. The van der Waals surface area contributed by atoms with Crippen LogP contribution in [-0.4, -0.2) is 31.1 Å². The topological polar surface area (TPSA) is 15.3 Å². The molecule has 0 saturated carbocycles. The van der Waals surface area contributed by atoms with Gasteiger partial charge in [-0.3, -0.25) is 4.90 Å². The third-order valence-electron chi connectivity index (χ3n) is 3.12. The number of rotatable bonds is 7. The Morgan fingerprint density at radius 2 is 1.83 bits per heavy atom. The SMILES string of the molecule is CC(C)CNCC(C)N(C)Cc1ccccc1Cl. The smallest absolute Gasteiger partial charge is 0.0451 e. The Morgan fingerprint density at radius 3 is 2.44 bits per heavy atom. The summed E-state index contributed by atoms with van der Waals surface area (Å²) in [5, 5.41) is 4.34. The lowest BCUT2D eigenvalue weighted by atomic mass is 10.2. The number of hydrogen-bond acceptors (Lipinski definition) is 2. The van der Waals surface area contributed by atoms with Gasteiger partial charge in [0, 0.05) is 24.2 Å². The average Bonchev–Trinajstić information content (AvgIpc) is 2.31. The molecule has 0 fully saturated rings. The predicted molar refractivity (Wildman–Crippen MR) is 80.1 cm³/mol. The fourth-order valence-corrected chi connectivity index (χ4v) is 1.98. The van der Waals surface area contributed by atoms with Gasteiger partial charge in [-0.15, -0.1) is 0 Å². The van der Waals surface area contributed by atoms with Crippen molar-refractivity contribution in [1.29, 1.82) is 0 Å². The van der Waals surface area contributed by atoms with Crippen LogP contribution in [0.1, 0.15) is 26.3 Å². The lowest BCUT2D eigenvalue weighted by molar-refractivity contribution is 0.241. The van der Waals surface area contributed by atoms with Crippen LogP contribution in [0.5, 0.6) is 0 Å². The second-order valence-electron chi connectivity index (χ2n) is 5.41. The first-order valence-corrected chi connectivity index (χ1v) is 7.03. The van der Waals surface area contributed by atoms with E-state index in [9.17, 15) is 0 Å². The van der Waals surface area contributed by atoms with E-state index in [2.05, 4.69) is 44.1 Å². The standard InChI is InChI=1S/C15H25ClN2/c1-12(2)9-17-10-13(3)18(4)11-14-7-5-6-8-15(14)16/h5-8,12-13,17H,9-11H2,1-4H3. The van der Waals surface area contributed by atoms with Crippen LogP contribution in [0.3, 0.4) is 0 Å². The van der Waals surface area contributed by atoms with E-state index in [0.717, 1.165) is 24.7 Å². The van der Waals surface area contributed by atoms with E-state index in [4.69, 9.17) is 11.6 Å². The zero-order valence-corrected chi connectivity index (χ0v) is 12.7. The molecule has 0 aliphatic carbocycles. The quantitative estimate of drug-likeness (QED) is 0.815. The molecule has 0 saturated heterocycles. The van der Waals surface area contributed by atoms with Gasteiger partial charge in [0.1, 0.15) is 0 Å². The summed E-state index contributed by atoms with van der Waals surface area (Å²) >= 11 is 6.18. The molecule has 1 rings (SSSR count). The maximum Gasteiger partial charge on any atom is 0.0451 e. The van der Waals surface area contributed by atoms with Gasteiger partial charge in [0.25, 0.3) is 0 Å². The highest BCUT2D eigenvalue weighted by atomic mass is 35.5. The Morgan fingerprint density at radius 1 is 1.17 bits per heavy atom. The second-order valence-corrected chi connectivity index (χ2v) is 5.81. The Hall–Kier alpha value is -0.570. The largest absolute Gasteiger partial charge is 0.315 e. The van der Waals surface area contributed by atoms with Crippen molar-refractivity contribution in [2.45, 2.75) is 33.4 Å². The molecule has 0 aromatic heterocycles. The molecule has 0 bridgehead atoms. The molecular weight excluding hydrogens is 244 g/mol. The molecule has 3 heteroatoms. The Labute approximate surface area is 116 Å². The van der Waals surface area contributed by atoms with E-state index in [1.54, 1.807) is 0 Å². The first-order valence-electron chi connectivity index (χ1n) is 6.65. The van der Waals surface area contributed by atoms with Crippen LogP contribution in [-0.2, 0) is 6.54 Å². The average molecular weight is 269 g/mol. The van der Waals surface area contributed by atoms with Crippen LogP contribution in [0.25, 0.3) is 0 Å². The summed E-state index contributed by atoms with van der Waals surface area (Å²) in [5.74, 6) is 0.700. The van der Waals surface area contributed by atoms with Crippen LogP contribution in [0.2, 0.25) is 5.02 Å². The molecule has 0 heterocycles. The minimum Gasteiger partial charge on any atom is -0.315 e. The van der Waals surface area contributed by atoms with Gasteiger partial charge in [0.05, 0.1) is 0 Å². The van der Waals surface area contributed by atoms with Crippen LogP contribution < -0.4 is 5.32 Å². The van der Waals surface area contributed by atoms with Crippen molar-refractivity contribution in [2.75, 3.05) is 20.1 Å². The van der Waals surface area contributed by atoms with E-state index in [1.165, 1.54) is 5.56 Å². The fraction of sp³-hybridized carbons (Fsp3) is 0.600. The molecule has 2 nitrogen and oxygen atoms in total. The van der Waals surface area contributed by atoms with Crippen LogP contribution in [0.4, 0.5) is 0 Å². The maximum atomic E-state index is 6.18. The molecular formula is C15H25ClN2. The van der Waals surface area contributed by atoms with Gasteiger partial charge in [-0.05, 0) is 38.1 Å². The molecule has 0 amide bonds. The molecule has 1 atom stereocenters. The Bertz CT molecular complexity index is 352. The van der Waals surface area contributed by atoms with Gasteiger partial charge in [-0.1, -0.05) is 43.6 Å². The first-order chi connectivity index (χ1) is 8.50. The van der Waals surface area contributed by atoms with Crippen LogP contribution in [0, 0.1) is 5.92 Å². The lowest BCUT2D eigenvalue weighted by Crippen LogP contribution is -2.38. The zero-order chi connectivity index (χ0) is 13.5. The van der Waals surface area contributed by atoms with Crippen molar-refractivity contribution < 1.29 is 0 Å². The molecule has 1 N–H and O–H groups in total. The number of halogens is 1. The number of hydrogen-bond donors (Lipinski definition) is 1. The summed E-state index contributed by atoms with van der Waals surface area (Å²) in [4.78, 5) is 2.33. The zero-order valence-electron chi connectivity index (χ0n) is 11.9. The molecule has 0 aliphatic rings. The van der Waals surface area contributed by atoms with Crippen molar-refractivity contribution in [3.63, 3.8) is 0 Å². The third-order valence-corrected chi connectivity index (χ3v) is 3.49. The number of nitrogens with zero attached hydrogens (tertiary/aromatic N) is 1. The van der Waals surface area contributed by atoms with Crippen LogP contribution in [0.15, 0.2) is 24.3 Å². The highest BCUT2D eigenvalue weighted by Gasteiger charge is 2.10. The third kappa shape index (κ3) is 5.38. The molecule has 1 unspecified atom stereocenters. The number of likely N-dealkylation sites (N-methyl/N-ethyl adjacent to an activating group) is 1. The number of benzene rings is 1. The molecule has 0 radical (unpaired) electrons. The van der Waals surface area contributed by atoms with Crippen LogP contribution >= 0.6 is 11.6 Å². The second kappa shape index (κ2) is 7.78. The van der Waals surface area contributed by atoms with E-state index in [-0.39, 0.29) is 0 Å². The fourth-order valence-electron chi connectivity index (χ4n) is 1.79. The van der Waals surface area contributed by atoms with E-state index >= 15 is 0 Å². The minimum absolute atomic E-state index is 0.500. The number of nitrogens with one attached hydrogen (secondary N) is 1. The first kappa shape index (κ1) is 15.5. The van der Waals surface area contributed by atoms with Gasteiger partial charge in [-0.25, -0.2) is 0 Å². The highest BCUT2D eigenvalue weighted by molar-refractivity contribution is 6.31. The van der Waals surface area contributed by atoms with Crippen molar-refractivity contribution in [1.82, 2.24) is 10.2 Å². The summed E-state index contributed by atoms with van der Waals surface area (Å²) in [6, 6.07) is 8.55. The van der Waals surface area contributed by atoms with Gasteiger partial charge in [0.15, 0.2) is 0 Å². The predicted octanol–water partition coefficient (Wildman–Crippen LogP) is 3.41. The summed E-state index contributed by atoms with van der Waals surface area (Å²) in [5.41, 5.74) is 1.19. The lowest BCUT2D eigenvalue weighted by Gasteiger charge is -2.25. The van der Waals surface area contributed by atoms with Crippen molar-refractivity contribution in [2.24, 2.45) is 5.92 Å². The van der Waals surface area contributed by atoms with Gasteiger partial charge in [0.2, 0.25) is 0 Å². The van der Waals surface area contributed by atoms with Crippen molar-refractivity contribution in [3.05, 3.63) is 34.9 Å². The monoisotopic (exact) mass is 268 g/mol. The minimum atomic E-state index is 0.500. The molecule has 18 heavy (non-hydrogen) atoms. The van der Waals surface area contributed by atoms with E-state index in [0.29, 0.717) is 12.0 Å². The van der Waals surface area contributed by atoms with Gasteiger partial charge in [-0.2, -0.15) is 0 Å². The Balaban J connectivity index is 2.40. The highest BCUT2D eigenvalue weighted by Crippen LogP contribution is 2.17. The molecule has 1 aromatic carbocycles. The Kier molecular flexibility index (Phi) is 6.69. The summed E-state index contributed by atoms with van der Waals surface area (Å²) < 4.78 is 0. The van der Waals surface area contributed by atoms with Crippen molar-refractivity contribution >= 4 is 11.6 Å². The summed E-state index contributed by atoms with van der Waals surface area (Å²) in [6.07, 6.45) is 0. The van der Waals surface area contributed by atoms with E-state index < -0.39 is 0 Å². The van der Waals surface area contributed by atoms with Gasteiger partial charge < -0.3 is 5.32 Å². The summed E-state index contributed by atoms with van der Waals surface area (Å²) in [7, 11) is 2.14. The van der Waals surface area contributed by atoms with E-state index in [1.807, 2.05) is 18.2 Å². The normalized spacial score (nSPS) is 13.3. The molecule has 102 valence electrons. The molecule has 0 spiro atoms. The van der Waals surface area contributed by atoms with Crippen molar-refractivity contribution in [3.8, 4) is 0 Å². The maximum absolute atomic E-state index is 6.18.